The van der Waals surface area contributed by atoms with Gasteiger partial charge in [-0.3, -0.25) is 9.59 Å². The molecule has 4 N–H and O–H groups in total. The van der Waals surface area contributed by atoms with Crippen LogP contribution in [0, 0.1) is 5.92 Å². The third kappa shape index (κ3) is 7.25. The lowest BCUT2D eigenvalue weighted by atomic mass is 10.1. The Morgan fingerprint density at radius 3 is 2.00 bits per heavy atom. The summed E-state index contributed by atoms with van der Waals surface area (Å²) in [6, 6.07) is 16.1. The summed E-state index contributed by atoms with van der Waals surface area (Å²) in [6.45, 7) is 3.99. The fourth-order valence-corrected chi connectivity index (χ4v) is 2.42. The quantitative estimate of drug-likeness (QED) is 0.691. The Bertz CT molecular complexity index is 703. The van der Waals surface area contributed by atoms with E-state index in [-0.39, 0.29) is 24.2 Å². The largest absolute Gasteiger partial charge is 0.326 e. The molecule has 0 saturated heterocycles. The highest BCUT2D eigenvalue weighted by molar-refractivity contribution is 5.95. The van der Waals surface area contributed by atoms with E-state index in [9.17, 15) is 9.59 Å². The summed E-state index contributed by atoms with van der Waals surface area (Å²) in [4.78, 5) is 23.9. The highest BCUT2D eigenvalue weighted by Crippen LogP contribution is 2.15. The molecule has 6 heteroatoms. The Labute approximate surface area is 160 Å². The molecule has 0 aliphatic carbocycles. The molecule has 26 heavy (non-hydrogen) atoms. The van der Waals surface area contributed by atoms with E-state index in [4.69, 9.17) is 5.73 Å². The number of benzene rings is 2. The van der Waals surface area contributed by atoms with Gasteiger partial charge in [-0.15, -0.1) is 12.4 Å². The van der Waals surface area contributed by atoms with Gasteiger partial charge in [-0.05, 0) is 42.2 Å². The van der Waals surface area contributed by atoms with Crippen molar-refractivity contribution in [1.82, 2.24) is 0 Å². The highest BCUT2D eigenvalue weighted by atomic mass is 35.5. The molecule has 0 bridgehead atoms. The zero-order valence-electron chi connectivity index (χ0n) is 15.1. The van der Waals surface area contributed by atoms with Crippen LogP contribution in [-0.4, -0.2) is 17.9 Å². The summed E-state index contributed by atoms with van der Waals surface area (Å²) in [5.41, 5.74) is 8.35. The molecule has 0 unspecified atom stereocenters. The van der Waals surface area contributed by atoms with E-state index in [1.807, 2.05) is 44.2 Å². The van der Waals surface area contributed by atoms with Crippen molar-refractivity contribution in [2.45, 2.75) is 32.7 Å². The van der Waals surface area contributed by atoms with Crippen LogP contribution in [0.1, 0.15) is 25.8 Å². The van der Waals surface area contributed by atoms with Gasteiger partial charge in [0.2, 0.25) is 11.8 Å². The van der Waals surface area contributed by atoms with Gasteiger partial charge in [0, 0.05) is 17.8 Å². The number of halogens is 1. The number of carbonyl (C=O) groups is 2. The summed E-state index contributed by atoms with van der Waals surface area (Å²) in [7, 11) is 0. The maximum Gasteiger partial charge on any atom is 0.241 e. The zero-order chi connectivity index (χ0) is 18.2. The number of amides is 2. The van der Waals surface area contributed by atoms with Crippen LogP contribution in [-0.2, 0) is 16.0 Å². The Morgan fingerprint density at radius 2 is 1.46 bits per heavy atom. The molecule has 140 valence electrons. The smallest absolute Gasteiger partial charge is 0.241 e. The number of carbonyl (C=O) groups excluding carboxylic acids is 2. The van der Waals surface area contributed by atoms with Crippen molar-refractivity contribution in [2.24, 2.45) is 11.7 Å². The lowest BCUT2D eigenvalue weighted by molar-refractivity contribution is -0.118. The molecule has 5 nitrogen and oxygen atoms in total. The van der Waals surface area contributed by atoms with Crippen LogP contribution in [0.5, 0.6) is 0 Å². The predicted molar refractivity (Wildman–Crippen MR) is 109 cm³/mol. The second-order valence-electron chi connectivity index (χ2n) is 6.51. The summed E-state index contributed by atoms with van der Waals surface area (Å²) >= 11 is 0. The maximum atomic E-state index is 12.2. The minimum atomic E-state index is -0.618. The Kier molecular flexibility index (Phi) is 8.82. The van der Waals surface area contributed by atoms with Gasteiger partial charge in [-0.1, -0.05) is 44.2 Å². The first-order valence-electron chi connectivity index (χ1n) is 8.44. The van der Waals surface area contributed by atoms with Gasteiger partial charge in [-0.2, -0.15) is 0 Å². The minimum absolute atomic E-state index is 0. The van der Waals surface area contributed by atoms with E-state index >= 15 is 0 Å². The van der Waals surface area contributed by atoms with E-state index in [0.717, 1.165) is 5.56 Å². The molecular formula is C20H26ClN3O2. The van der Waals surface area contributed by atoms with Crippen LogP contribution in [0.2, 0.25) is 0 Å². The molecule has 0 spiro atoms. The second kappa shape index (κ2) is 10.6. The minimum Gasteiger partial charge on any atom is -0.326 e. The van der Waals surface area contributed by atoms with E-state index < -0.39 is 6.04 Å². The maximum absolute atomic E-state index is 12.2. The molecule has 0 fully saturated rings. The van der Waals surface area contributed by atoms with Crippen molar-refractivity contribution >= 4 is 35.6 Å². The van der Waals surface area contributed by atoms with Gasteiger partial charge >= 0.3 is 0 Å². The third-order valence-corrected chi connectivity index (χ3v) is 3.67. The SMILES string of the molecule is CC(C)CC(=O)Nc1ccc(NC(=O)[C@@H](N)Cc2ccccc2)cc1.Cl. The first-order valence-corrected chi connectivity index (χ1v) is 8.44. The monoisotopic (exact) mass is 375 g/mol. The van der Waals surface area contributed by atoms with Crippen LogP contribution < -0.4 is 16.4 Å². The van der Waals surface area contributed by atoms with Gasteiger partial charge in [0.15, 0.2) is 0 Å². The standard InChI is InChI=1S/C20H25N3O2.ClH/c1-14(2)12-19(24)22-16-8-10-17(11-9-16)23-20(25)18(21)13-15-6-4-3-5-7-15;/h3-11,14,18H,12-13,21H2,1-2H3,(H,22,24)(H,23,25);1H/t18-;/m0./s1. The summed E-state index contributed by atoms with van der Waals surface area (Å²) in [5.74, 6) is 0.0572. The molecule has 0 aliphatic heterocycles. The van der Waals surface area contributed by atoms with Crippen molar-refractivity contribution in [1.29, 1.82) is 0 Å². The van der Waals surface area contributed by atoms with Crippen LogP contribution >= 0.6 is 12.4 Å². The van der Waals surface area contributed by atoms with E-state index in [1.165, 1.54) is 0 Å². The predicted octanol–water partition coefficient (Wildman–Crippen LogP) is 3.60. The van der Waals surface area contributed by atoms with E-state index in [2.05, 4.69) is 10.6 Å². The number of hydrogen-bond acceptors (Lipinski definition) is 3. The molecule has 2 aromatic rings. The Balaban J connectivity index is 0.00000338. The fraction of sp³-hybridized carbons (Fsp3) is 0.300. The summed E-state index contributed by atoms with van der Waals surface area (Å²) < 4.78 is 0. The van der Waals surface area contributed by atoms with Crippen LogP contribution in [0.3, 0.4) is 0 Å². The van der Waals surface area contributed by atoms with Gasteiger partial charge in [0.25, 0.3) is 0 Å². The average molecular weight is 376 g/mol. The third-order valence-electron chi connectivity index (χ3n) is 3.67. The van der Waals surface area contributed by atoms with Crippen molar-refractivity contribution in [3.8, 4) is 0 Å². The van der Waals surface area contributed by atoms with E-state index in [0.29, 0.717) is 30.1 Å². The zero-order valence-corrected chi connectivity index (χ0v) is 15.9. The molecule has 1 atom stereocenters. The highest BCUT2D eigenvalue weighted by Gasteiger charge is 2.14. The van der Waals surface area contributed by atoms with Gasteiger partial charge in [0.05, 0.1) is 6.04 Å². The van der Waals surface area contributed by atoms with Crippen molar-refractivity contribution in [3.63, 3.8) is 0 Å². The molecule has 0 aliphatic rings. The number of nitrogens with one attached hydrogen (secondary N) is 2. The molecule has 0 aromatic heterocycles. The molecule has 0 heterocycles. The Hall–Kier alpha value is -2.37. The lowest BCUT2D eigenvalue weighted by Crippen LogP contribution is -2.37. The number of hydrogen-bond donors (Lipinski definition) is 3. The summed E-state index contributed by atoms with van der Waals surface area (Å²) in [6.07, 6.45) is 0.961. The fourth-order valence-electron chi connectivity index (χ4n) is 2.42. The summed E-state index contributed by atoms with van der Waals surface area (Å²) in [5, 5.41) is 5.63. The Morgan fingerprint density at radius 1 is 0.923 bits per heavy atom. The molecular weight excluding hydrogens is 350 g/mol. The van der Waals surface area contributed by atoms with Crippen molar-refractivity contribution < 1.29 is 9.59 Å². The number of rotatable bonds is 7. The topological polar surface area (TPSA) is 84.2 Å². The molecule has 0 saturated carbocycles. The first kappa shape index (κ1) is 21.7. The van der Waals surface area contributed by atoms with Gasteiger partial charge in [0.1, 0.15) is 0 Å². The average Bonchev–Trinajstić information content (AvgIpc) is 2.56. The van der Waals surface area contributed by atoms with Gasteiger partial charge in [-0.25, -0.2) is 0 Å². The number of nitrogens with two attached hydrogens (primary N) is 1. The van der Waals surface area contributed by atoms with Crippen LogP contribution in [0.4, 0.5) is 11.4 Å². The molecule has 2 rings (SSSR count). The first-order chi connectivity index (χ1) is 11.9. The lowest BCUT2D eigenvalue weighted by Gasteiger charge is -2.13. The van der Waals surface area contributed by atoms with Crippen molar-refractivity contribution in [3.05, 3.63) is 60.2 Å². The number of anilines is 2. The molecule has 2 amide bonds. The molecule has 0 radical (unpaired) electrons. The van der Waals surface area contributed by atoms with Crippen molar-refractivity contribution in [2.75, 3.05) is 10.6 Å². The van der Waals surface area contributed by atoms with E-state index in [1.54, 1.807) is 24.3 Å². The normalized spacial score (nSPS) is 11.4. The van der Waals surface area contributed by atoms with Crippen LogP contribution in [0.15, 0.2) is 54.6 Å². The van der Waals surface area contributed by atoms with Crippen LogP contribution in [0.25, 0.3) is 0 Å². The second-order valence-corrected chi connectivity index (χ2v) is 6.51. The van der Waals surface area contributed by atoms with Gasteiger partial charge < -0.3 is 16.4 Å². The molecule has 2 aromatic carbocycles.